The molecule has 0 radical (unpaired) electrons. The number of fused-ring (bicyclic) bond motifs is 9. The van der Waals surface area contributed by atoms with Crippen molar-refractivity contribution in [1.29, 1.82) is 0 Å². The molecule has 0 spiro atoms. The number of nitrogens with zero attached hydrogens (tertiary/aromatic N) is 3. The van der Waals surface area contributed by atoms with E-state index in [9.17, 15) is 0 Å². The number of furan rings is 1. The normalized spacial score (nSPS) is 11.8. The Hall–Kier alpha value is -6.69. The predicted molar refractivity (Wildman–Crippen MR) is 217 cm³/mol. The number of rotatable bonds is 4. The molecule has 52 heavy (non-hydrogen) atoms. The fourth-order valence-corrected chi connectivity index (χ4v) is 8.85. The van der Waals surface area contributed by atoms with Gasteiger partial charge >= 0.3 is 0 Å². The van der Waals surface area contributed by atoms with Gasteiger partial charge in [0, 0.05) is 53.0 Å². The third kappa shape index (κ3) is 4.50. The van der Waals surface area contributed by atoms with Crippen LogP contribution in [0.25, 0.3) is 109 Å². The first-order valence-corrected chi connectivity index (χ1v) is 18.2. The van der Waals surface area contributed by atoms with E-state index in [2.05, 4.69) is 133 Å². The molecule has 11 aromatic rings. The van der Waals surface area contributed by atoms with E-state index < -0.39 is 0 Å². The number of hydrogen-bond acceptors (Lipinski definition) is 5. The smallest absolute Gasteiger partial charge is 0.164 e. The molecule has 0 aliphatic carbocycles. The molecule has 0 amide bonds. The second-order valence-electron chi connectivity index (χ2n) is 13.1. The lowest BCUT2D eigenvalue weighted by Crippen LogP contribution is -2.00. The topological polar surface area (TPSA) is 51.8 Å². The maximum atomic E-state index is 6.77. The highest BCUT2D eigenvalue weighted by molar-refractivity contribution is 7.25. The van der Waals surface area contributed by atoms with E-state index in [1.807, 2.05) is 41.7 Å². The molecule has 3 aromatic heterocycles. The third-order valence-corrected chi connectivity index (χ3v) is 11.2. The van der Waals surface area contributed by atoms with Crippen molar-refractivity contribution < 1.29 is 4.42 Å². The summed E-state index contributed by atoms with van der Waals surface area (Å²) in [6, 6.07) is 57.3. The molecule has 0 atom stereocenters. The molecule has 11 rings (SSSR count). The first kappa shape index (κ1) is 29.1. The second-order valence-corrected chi connectivity index (χ2v) is 14.2. The number of aromatic nitrogens is 3. The Morgan fingerprint density at radius 3 is 1.96 bits per heavy atom. The Morgan fingerprint density at radius 2 is 1.06 bits per heavy atom. The Morgan fingerprint density at radius 1 is 0.385 bits per heavy atom. The van der Waals surface area contributed by atoms with Crippen LogP contribution in [0.5, 0.6) is 0 Å². The highest BCUT2D eigenvalue weighted by Crippen LogP contribution is 2.46. The van der Waals surface area contributed by atoms with Gasteiger partial charge in [-0.15, -0.1) is 11.3 Å². The van der Waals surface area contributed by atoms with Gasteiger partial charge in [0.05, 0.1) is 0 Å². The molecule has 242 valence electrons. The van der Waals surface area contributed by atoms with Gasteiger partial charge in [-0.25, -0.2) is 15.0 Å². The van der Waals surface area contributed by atoms with Gasteiger partial charge in [-0.1, -0.05) is 133 Å². The number of benzene rings is 8. The van der Waals surface area contributed by atoms with E-state index in [4.69, 9.17) is 19.4 Å². The van der Waals surface area contributed by atoms with Crippen molar-refractivity contribution in [3.8, 4) is 45.3 Å². The number of thiophene rings is 1. The van der Waals surface area contributed by atoms with E-state index in [1.54, 1.807) is 0 Å². The molecular formula is C47H27N3OS. The summed E-state index contributed by atoms with van der Waals surface area (Å²) in [5.41, 5.74) is 6.76. The fraction of sp³-hybridized carbons (Fsp3) is 0. The summed E-state index contributed by atoms with van der Waals surface area (Å²) < 4.78 is 9.32. The zero-order valence-corrected chi connectivity index (χ0v) is 28.6. The summed E-state index contributed by atoms with van der Waals surface area (Å²) >= 11 is 1.84. The van der Waals surface area contributed by atoms with E-state index in [0.29, 0.717) is 17.5 Å². The maximum absolute atomic E-state index is 6.77. The van der Waals surface area contributed by atoms with Gasteiger partial charge in [0.2, 0.25) is 0 Å². The molecule has 5 heteroatoms. The molecule has 0 aliphatic rings. The van der Waals surface area contributed by atoms with Crippen LogP contribution < -0.4 is 0 Å². The highest BCUT2D eigenvalue weighted by atomic mass is 32.1. The molecule has 0 saturated heterocycles. The molecule has 4 nitrogen and oxygen atoms in total. The maximum Gasteiger partial charge on any atom is 0.164 e. The molecule has 0 aliphatic heterocycles. The molecule has 3 heterocycles. The van der Waals surface area contributed by atoms with Gasteiger partial charge in [0.15, 0.2) is 17.5 Å². The SMILES string of the molecule is c1ccc(-c2nc(-c3ccc4ccccc4c3)nc(-c3cc4c(-c5cccc6sc7ccccc7c56)cccc4c4oc5ccccc5c34)n2)cc1. The fourth-order valence-electron chi connectivity index (χ4n) is 7.72. The van der Waals surface area contributed by atoms with Gasteiger partial charge in [0.25, 0.3) is 0 Å². The van der Waals surface area contributed by atoms with Crippen LogP contribution in [0.4, 0.5) is 0 Å². The zero-order valence-electron chi connectivity index (χ0n) is 27.7. The summed E-state index contributed by atoms with van der Waals surface area (Å²) in [6.07, 6.45) is 0. The van der Waals surface area contributed by atoms with Crippen LogP contribution in [0.2, 0.25) is 0 Å². The molecule has 0 N–H and O–H groups in total. The standard InChI is InChI=1S/C47H27N3OS/c1-2-13-29(14-3-1)45-48-46(31-25-24-28-12-4-5-15-30(28)26-31)50-47(49-45)38-27-37-32(33-19-11-23-41-42(33)36-17-7-9-22-40(36)52-41)18-10-20-34(37)44-43(38)35-16-6-8-21-39(35)51-44/h1-27H. The minimum absolute atomic E-state index is 0.601. The molecule has 0 bridgehead atoms. The molecule has 0 unspecified atom stereocenters. The Labute approximate surface area is 302 Å². The summed E-state index contributed by atoms with van der Waals surface area (Å²) in [6.45, 7) is 0. The van der Waals surface area contributed by atoms with Crippen molar-refractivity contribution in [2.75, 3.05) is 0 Å². The minimum Gasteiger partial charge on any atom is -0.455 e. The Kier molecular flexibility index (Phi) is 6.39. The summed E-state index contributed by atoms with van der Waals surface area (Å²) in [5, 5.41) is 9.01. The zero-order chi connectivity index (χ0) is 34.2. The van der Waals surface area contributed by atoms with Crippen LogP contribution >= 0.6 is 11.3 Å². The van der Waals surface area contributed by atoms with E-state index in [1.165, 1.54) is 31.1 Å². The van der Waals surface area contributed by atoms with Crippen LogP contribution in [0.3, 0.4) is 0 Å². The molecule has 0 saturated carbocycles. The van der Waals surface area contributed by atoms with Crippen molar-refractivity contribution >= 4 is 75.0 Å². The van der Waals surface area contributed by atoms with Crippen LogP contribution in [-0.2, 0) is 0 Å². The number of hydrogen-bond donors (Lipinski definition) is 0. The average Bonchev–Trinajstić information content (AvgIpc) is 3.80. The quantitative estimate of drug-likeness (QED) is 0.185. The number of para-hydroxylation sites is 1. The third-order valence-electron chi connectivity index (χ3n) is 10.1. The van der Waals surface area contributed by atoms with Crippen molar-refractivity contribution in [3.63, 3.8) is 0 Å². The predicted octanol–water partition coefficient (Wildman–Crippen LogP) is 13.1. The van der Waals surface area contributed by atoms with Gasteiger partial charge in [-0.3, -0.25) is 0 Å². The van der Waals surface area contributed by atoms with Gasteiger partial charge in [-0.2, -0.15) is 0 Å². The lowest BCUT2D eigenvalue weighted by atomic mass is 9.91. The average molecular weight is 682 g/mol. The minimum atomic E-state index is 0.601. The molecular weight excluding hydrogens is 655 g/mol. The largest absolute Gasteiger partial charge is 0.455 e. The first-order chi connectivity index (χ1) is 25.8. The van der Waals surface area contributed by atoms with Gasteiger partial charge < -0.3 is 4.42 Å². The van der Waals surface area contributed by atoms with Gasteiger partial charge in [0.1, 0.15) is 11.2 Å². The van der Waals surface area contributed by atoms with Crippen LogP contribution in [0, 0.1) is 0 Å². The van der Waals surface area contributed by atoms with Crippen LogP contribution in [0.15, 0.2) is 168 Å². The van der Waals surface area contributed by atoms with E-state index in [-0.39, 0.29) is 0 Å². The van der Waals surface area contributed by atoms with E-state index in [0.717, 1.165) is 60.4 Å². The lowest BCUT2D eigenvalue weighted by Gasteiger charge is -2.13. The Bertz CT molecular complexity index is 3200. The van der Waals surface area contributed by atoms with Crippen molar-refractivity contribution in [3.05, 3.63) is 164 Å². The first-order valence-electron chi connectivity index (χ1n) is 17.4. The molecule has 0 fully saturated rings. The summed E-state index contributed by atoms with van der Waals surface area (Å²) in [5.74, 6) is 1.85. The van der Waals surface area contributed by atoms with Crippen molar-refractivity contribution in [2.45, 2.75) is 0 Å². The van der Waals surface area contributed by atoms with E-state index >= 15 is 0 Å². The summed E-state index contributed by atoms with van der Waals surface area (Å²) in [7, 11) is 0. The highest BCUT2D eigenvalue weighted by Gasteiger charge is 2.22. The second kappa shape index (κ2) is 11.4. The van der Waals surface area contributed by atoms with Crippen molar-refractivity contribution in [2.24, 2.45) is 0 Å². The monoisotopic (exact) mass is 681 g/mol. The van der Waals surface area contributed by atoms with Crippen LogP contribution in [0.1, 0.15) is 0 Å². The van der Waals surface area contributed by atoms with Crippen molar-refractivity contribution in [1.82, 2.24) is 15.0 Å². The van der Waals surface area contributed by atoms with Gasteiger partial charge in [-0.05, 0) is 57.6 Å². The summed E-state index contributed by atoms with van der Waals surface area (Å²) in [4.78, 5) is 15.6. The van der Waals surface area contributed by atoms with Crippen LogP contribution in [-0.4, -0.2) is 15.0 Å². The molecule has 8 aromatic carbocycles. The lowest BCUT2D eigenvalue weighted by molar-refractivity contribution is 0.672. The Balaban J connectivity index is 1.25.